The zero-order valence-electron chi connectivity index (χ0n) is 14.6. The molecule has 136 valence electrons. The highest BCUT2D eigenvalue weighted by Gasteiger charge is 2.15. The predicted molar refractivity (Wildman–Crippen MR) is 98.3 cm³/mol. The normalized spacial score (nSPS) is 11.5. The van der Waals surface area contributed by atoms with Crippen molar-refractivity contribution < 1.29 is 13.2 Å². The first-order valence-corrected chi connectivity index (χ1v) is 9.57. The molecule has 1 N–H and O–H groups in total. The maximum atomic E-state index is 12.3. The van der Waals surface area contributed by atoms with Gasteiger partial charge in [-0.25, -0.2) is 13.1 Å². The van der Waals surface area contributed by atoms with E-state index in [1.807, 2.05) is 41.9 Å². The highest BCUT2D eigenvalue weighted by atomic mass is 32.2. The first-order chi connectivity index (χ1) is 12.5. The Bertz CT molecular complexity index is 967. The summed E-state index contributed by atoms with van der Waals surface area (Å²) in [5, 5.41) is 8.37. The molecule has 0 aliphatic heterocycles. The Labute approximate surface area is 152 Å². The molecule has 3 aromatic rings. The Morgan fingerprint density at radius 1 is 1.04 bits per heavy atom. The molecule has 0 unspecified atom stereocenters. The Morgan fingerprint density at radius 2 is 1.73 bits per heavy atom. The summed E-state index contributed by atoms with van der Waals surface area (Å²) in [4.78, 5) is 0.196. The molecule has 3 rings (SSSR count). The number of benzene rings is 2. The minimum atomic E-state index is -3.58. The molecule has 0 atom stereocenters. The number of sulfonamides is 1. The van der Waals surface area contributed by atoms with E-state index in [0.717, 1.165) is 11.4 Å². The minimum Gasteiger partial charge on any atom is -0.497 e. The molecular formula is C18H20N4O3S. The maximum Gasteiger partial charge on any atom is 0.240 e. The molecule has 0 spiro atoms. The van der Waals surface area contributed by atoms with E-state index < -0.39 is 10.0 Å². The third-order valence-corrected chi connectivity index (χ3v) is 5.48. The van der Waals surface area contributed by atoms with Gasteiger partial charge in [-0.2, -0.15) is 0 Å². The average molecular weight is 372 g/mol. The Hall–Kier alpha value is -2.71. The SMILES string of the molecule is COc1ccc(S(=O)(=O)NCCc2nnc(-c3ccccc3)n2C)cc1. The van der Waals surface area contributed by atoms with Gasteiger partial charge in [0, 0.05) is 25.6 Å². The molecule has 0 saturated carbocycles. The van der Waals surface area contributed by atoms with Gasteiger partial charge in [-0.3, -0.25) is 0 Å². The van der Waals surface area contributed by atoms with Gasteiger partial charge in [-0.15, -0.1) is 10.2 Å². The predicted octanol–water partition coefficient (Wildman–Crippen LogP) is 2.01. The van der Waals surface area contributed by atoms with Gasteiger partial charge in [-0.1, -0.05) is 30.3 Å². The van der Waals surface area contributed by atoms with E-state index in [0.29, 0.717) is 18.0 Å². The van der Waals surface area contributed by atoms with Gasteiger partial charge in [0.15, 0.2) is 5.82 Å². The van der Waals surface area contributed by atoms with Crippen LogP contribution in [-0.4, -0.2) is 36.8 Å². The fourth-order valence-corrected chi connectivity index (χ4v) is 3.59. The second kappa shape index (κ2) is 7.67. The van der Waals surface area contributed by atoms with Crippen molar-refractivity contribution in [3.8, 4) is 17.1 Å². The summed E-state index contributed by atoms with van der Waals surface area (Å²) in [6.07, 6.45) is 0.436. The molecule has 0 amide bonds. The summed E-state index contributed by atoms with van der Waals surface area (Å²) in [5.74, 6) is 2.07. The third kappa shape index (κ3) is 3.92. The van der Waals surface area contributed by atoms with Crippen molar-refractivity contribution in [2.45, 2.75) is 11.3 Å². The fourth-order valence-electron chi connectivity index (χ4n) is 2.55. The number of hydrogen-bond donors (Lipinski definition) is 1. The van der Waals surface area contributed by atoms with Crippen molar-refractivity contribution in [2.75, 3.05) is 13.7 Å². The minimum absolute atomic E-state index is 0.196. The maximum absolute atomic E-state index is 12.3. The van der Waals surface area contributed by atoms with Crippen LogP contribution >= 0.6 is 0 Å². The van der Waals surface area contributed by atoms with E-state index in [1.54, 1.807) is 12.1 Å². The third-order valence-electron chi connectivity index (χ3n) is 4.01. The van der Waals surface area contributed by atoms with Gasteiger partial charge in [0.05, 0.1) is 12.0 Å². The molecule has 7 nitrogen and oxygen atoms in total. The molecule has 1 aromatic heterocycles. The number of nitrogens with one attached hydrogen (secondary N) is 1. The smallest absolute Gasteiger partial charge is 0.240 e. The highest BCUT2D eigenvalue weighted by Crippen LogP contribution is 2.17. The largest absolute Gasteiger partial charge is 0.497 e. The molecule has 0 aliphatic rings. The van der Waals surface area contributed by atoms with E-state index in [2.05, 4.69) is 14.9 Å². The molecule has 8 heteroatoms. The van der Waals surface area contributed by atoms with E-state index >= 15 is 0 Å². The van der Waals surface area contributed by atoms with Gasteiger partial charge in [0.2, 0.25) is 10.0 Å². The monoisotopic (exact) mass is 372 g/mol. The van der Waals surface area contributed by atoms with Crippen molar-refractivity contribution in [3.63, 3.8) is 0 Å². The quantitative estimate of drug-likeness (QED) is 0.686. The summed E-state index contributed by atoms with van der Waals surface area (Å²) < 4.78 is 34.2. The number of aromatic nitrogens is 3. The molecule has 0 radical (unpaired) electrons. The van der Waals surface area contributed by atoms with Crippen LogP contribution in [-0.2, 0) is 23.5 Å². The van der Waals surface area contributed by atoms with Crippen molar-refractivity contribution in [2.24, 2.45) is 7.05 Å². The standard InChI is InChI=1S/C18H20N4O3S/c1-22-17(20-21-18(22)14-6-4-3-5-7-14)12-13-19-26(23,24)16-10-8-15(25-2)9-11-16/h3-11,19H,12-13H2,1-2H3. The molecule has 26 heavy (non-hydrogen) atoms. The number of nitrogens with zero attached hydrogens (tertiary/aromatic N) is 3. The van der Waals surface area contributed by atoms with E-state index in [9.17, 15) is 8.42 Å². The lowest BCUT2D eigenvalue weighted by atomic mass is 10.2. The molecule has 1 heterocycles. The van der Waals surface area contributed by atoms with Crippen LogP contribution < -0.4 is 9.46 Å². The second-order valence-electron chi connectivity index (χ2n) is 5.69. The van der Waals surface area contributed by atoms with Crippen LogP contribution in [0.15, 0.2) is 59.5 Å². The van der Waals surface area contributed by atoms with Crippen LogP contribution in [0.1, 0.15) is 5.82 Å². The van der Waals surface area contributed by atoms with E-state index in [4.69, 9.17) is 4.74 Å². The van der Waals surface area contributed by atoms with Gasteiger partial charge in [0.25, 0.3) is 0 Å². The summed E-state index contributed by atoms with van der Waals surface area (Å²) in [6.45, 7) is 0.231. The zero-order chi connectivity index (χ0) is 18.6. The highest BCUT2D eigenvalue weighted by molar-refractivity contribution is 7.89. The zero-order valence-corrected chi connectivity index (χ0v) is 15.4. The number of hydrogen-bond acceptors (Lipinski definition) is 5. The lowest BCUT2D eigenvalue weighted by Crippen LogP contribution is -2.26. The van der Waals surface area contributed by atoms with Crippen LogP contribution in [0.5, 0.6) is 5.75 Å². The van der Waals surface area contributed by atoms with Crippen molar-refractivity contribution in [1.82, 2.24) is 19.5 Å². The van der Waals surface area contributed by atoms with Crippen LogP contribution in [0.3, 0.4) is 0 Å². The van der Waals surface area contributed by atoms with Gasteiger partial charge >= 0.3 is 0 Å². The first kappa shape index (κ1) is 18.1. The second-order valence-corrected chi connectivity index (χ2v) is 7.46. The summed E-state index contributed by atoms with van der Waals surface area (Å²) in [7, 11) is -0.172. The van der Waals surface area contributed by atoms with E-state index in [-0.39, 0.29) is 11.4 Å². The molecule has 0 aliphatic carbocycles. The number of methoxy groups -OCH3 is 1. The average Bonchev–Trinajstić information content (AvgIpc) is 3.03. The van der Waals surface area contributed by atoms with Gasteiger partial charge < -0.3 is 9.30 Å². The summed E-state index contributed by atoms with van der Waals surface area (Å²) >= 11 is 0. The van der Waals surface area contributed by atoms with Crippen LogP contribution in [0.4, 0.5) is 0 Å². The van der Waals surface area contributed by atoms with Gasteiger partial charge in [0.1, 0.15) is 11.6 Å². The topological polar surface area (TPSA) is 86.1 Å². The van der Waals surface area contributed by atoms with Gasteiger partial charge in [-0.05, 0) is 24.3 Å². The molecule has 2 aromatic carbocycles. The number of rotatable bonds is 7. The van der Waals surface area contributed by atoms with Crippen LogP contribution in [0.2, 0.25) is 0 Å². The van der Waals surface area contributed by atoms with Crippen LogP contribution in [0, 0.1) is 0 Å². The fraction of sp³-hybridized carbons (Fsp3) is 0.222. The van der Waals surface area contributed by atoms with Crippen LogP contribution in [0.25, 0.3) is 11.4 Å². The van der Waals surface area contributed by atoms with Crippen molar-refractivity contribution in [3.05, 3.63) is 60.4 Å². The lowest BCUT2D eigenvalue weighted by molar-refractivity contribution is 0.414. The Balaban J connectivity index is 1.65. The Morgan fingerprint density at radius 3 is 2.38 bits per heavy atom. The summed E-state index contributed by atoms with van der Waals surface area (Å²) in [5.41, 5.74) is 0.965. The van der Waals surface area contributed by atoms with Crippen molar-refractivity contribution >= 4 is 10.0 Å². The first-order valence-electron chi connectivity index (χ1n) is 8.08. The molecule has 0 bridgehead atoms. The number of ether oxygens (including phenoxy) is 1. The summed E-state index contributed by atoms with van der Waals surface area (Å²) in [6, 6.07) is 16.0. The lowest BCUT2D eigenvalue weighted by Gasteiger charge is -2.08. The van der Waals surface area contributed by atoms with Crippen molar-refractivity contribution in [1.29, 1.82) is 0 Å². The molecule has 0 fully saturated rings. The molecule has 0 saturated heterocycles. The Kier molecular flexibility index (Phi) is 5.34. The molecular weight excluding hydrogens is 352 g/mol. The van der Waals surface area contributed by atoms with E-state index in [1.165, 1.54) is 19.2 Å².